The fraction of sp³-hybridized carbons (Fsp3) is 0.0357. The first kappa shape index (κ1) is 66.3. The summed E-state index contributed by atoms with van der Waals surface area (Å²) in [7, 11) is -13.6. The third kappa shape index (κ3) is 12.2. The number of methoxy groups -OCH3 is 1. The molecule has 0 unspecified atom stereocenters. The van der Waals surface area contributed by atoms with Gasteiger partial charge in [0.2, 0.25) is 71.8 Å². The van der Waals surface area contributed by atoms with Crippen LogP contribution in [-0.4, -0.2) is 42.2 Å². The van der Waals surface area contributed by atoms with E-state index in [0.717, 1.165) is 12.1 Å². The van der Waals surface area contributed by atoms with E-state index in [9.17, 15) is 47.4 Å². The average molecular weight is 1370 g/mol. The van der Waals surface area contributed by atoms with Crippen LogP contribution >= 0.6 is 12.0 Å². The van der Waals surface area contributed by atoms with Crippen LogP contribution in [0.5, 0.6) is 51.7 Å². The summed E-state index contributed by atoms with van der Waals surface area (Å²) in [4.78, 5) is -5.02. The molecule has 0 fully saturated rings. The summed E-state index contributed by atoms with van der Waals surface area (Å²) >= 11 is -0.207. The maximum atomic E-state index is 15.8. The van der Waals surface area contributed by atoms with Gasteiger partial charge in [0.15, 0.2) is 58.2 Å². The van der Waals surface area contributed by atoms with Crippen molar-refractivity contribution in [2.75, 3.05) is 7.11 Å². The second-order valence-electron chi connectivity index (χ2n) is 18.1. The molecular formula is C56H26F16O15S4. The molecule has 0 aliphatic carbocycles. The van der Waals surface area contributed by atoms with Gasteiger partial charge in [-0.15, -0.1) is 4.33 Å². The van der Waals surface area contributed by atoms with Gasteiger partial charge in [-0.3, -0.25) is 4.55 Å². The number of halogens is 16. The third-order valence-electron chi connectivity index (χ3n) is 12.7. The minimum atomic E-state index is -5.26. The normalized spacial score (nSPS) is 11.9. The molecule has 0 bridgehead atoms. The van der Waals surface area contributed by atoms with Crippen LogP contribution in [0.1, 0.15) is 5.56 Å². The number of hydrogen-bond acceptors (Lipinski definition) is 15. The fourth-order valence-corrected chi connectivity index (χ4v) is 12.1. The molecule has 15 nitrogen and oxygen atoms in total. The fourth-order valence-electron chi connectivity index (χ4n) is 8.28. The van der Waals surface area contributed by atoms with Crippen molar-refractivity contribution in [3.63, 3.8) is 0 Å². The summed E-state index contributed by atoms with van der Waals surface area (Å²) in [5.74, 6) is -49.8. The lowest BCUT2D eigenvalue weighted by Gasteiger charge is -2.17. The maximum absolute atomic E-state index is 15.8. The second-order valence-corrected chi connectivity index (χ2v) is 24.1. The van der Waals surface area contributed by atoms with Crippen LogP contribution in [0.2, 0.25) is 0 Å². The standard InChI is InChI=1S/C56H26F16O15S4/c1-21-38(57)40(59)34(41(60)39(21)58)35-42(61)48(67)54(49(68)43(35)62)83-24-7-11-26(12-8-24)89(74,75)27-13-9-25(10-14-27)84-55-50(69)44(63)36(45(64)51(55)70)37-46(65)52(71)56(53(72)47(37)66)85-30-17-15-28(19-32(30)88-87-86-73)90(76,77)29-16-18-31(33(20-29)91(78,79)80)82-23-5-3-22(81-2)4-6-23/h3-20,73H,1-2H3,(H,78,79,80). The van der Waals surface area contributed by atoms with E-state index < -0.39 is 220 Å². The molecule has 0 heterocycles. The van der Waals surface area contributed by atoms with Crippen molar-refractivity contribution in [3.8, 4) is 74.0 Å². The molecule has 0 spiro atoms. The smallest absolute Gasteiger partial charge is 0.298 e. The Morgan fingerprint density at radius 1 is 0.363 bits per heavy atom. The van der Waals surface area contributed by atoms with Crippen LogP contribution in [0.15, 0.2) is 139 Å². The van der Waals surface area contributed by atoms with Crippen molar-refractivity contribution in [1.82, 2.24) is 0 Å². The van der Waals surface area contributed by atoms with Crippen molar-refractivity contribution in [2.45, 2.75) is 36.3 Å². The van der Waals surface area contributed by atoms with Gasteiger partial charge in [0.05, 0.1) is 65.9 Å². The average Bonchev–Trinajstić information content (AvgIpc) is 0.763. The Morgan fingerprint density at radius 2 is 0.670 bits per heavy atom. The SMILES string of the molecule is COc1ccc(Oc2ccc(S(=O)(=O)c3ccc(Oc4c(F)c(F)c(-c5c(F)c(F)c(Oc6ccc(S(=O)(=O)c7ccc(Oc8c(F)c(F)c(-c9c(F)c(F)c(C)c(F)c9F)c(F)c8F)cc7)cc6)c(F)c5F)c(F)c4F)c(SOOO)c3)cc2S(=O)(=O)O)cc1. The second kappa shape index (κ2) is 25.3. The molecule has 35 heteroatoms. The molecule has 0 aliphatic rings. The summed E-state index contributed by atoms with van der Waals surface area (Å²) in [5.41, 5.74) is -10.5. The Kier molecular flexibility index (Phi) is 18.4. The van der Waals surface area contributed by atoms with Crippen LogP contribution in [0.3, 0.4) is 0 Å². The van der Waals surface area contributed by atoms with Crippen molar-refractivity contribution in [1.29, 1.82) is 0 Å². The minimum absolute atomic E-state index is 0.00667. The van der Waals surface area contributed by atoms with Gasteiger partial charge in [0, 0.05) is 5.56 Å². The van der Waals surface area contributed by atoms with Crippen LogP contribution in [0.4, 0.5) is 70.2 Å². The van der Waals surface area contributed by atoms with Gasteiger partial charge < -0.3 is 23.7 Å². The molecular weight excluding hydrogens is 1340 g/mol. The molecule has 0 saturated heterocycles. The first-order valence-electron chi connectivity index (χ1n) is 24.1. The van der Waals surface area contributed by atoms with E-state index in [2.05, 4.69) is 9.37 Å². The Labute approximate surface area is 503 Å². The Bertz CT molecular complexity index is 4700. The largest absolute Gasteiger partial charge is 0.497 e. The van der Waals surface area contributed by atoms with E-state index in [1.165, 1.54) is 31.4 Å². The van der Waals surface area contributed by atoms with E-state index in [1.54, 1.807) is 0 Å². The van der Waals surface area contributed by atoms with Gasteiger partial charge in [-0.1, -0.05) is 5.04 Å². The van der Waals surface area contributed by atoms with Gasteiger partial charge >= 0.3 is 0 Å². The highest BCUT2D eigenvalue weighted by Gasteiger charge is 2.38. The third-order valence-corrected chi connectivity index (χ3v) is 17.8. The molecule has 0 aliphatic heterocycles. The van der Waals surface area contributed by atoms with Crippen LogP contribution in [-0.2, 0) is 39.2 Å². The summed E-state index contributed by atoms with van der Waals surface area (Å²) in [6.45, 7) is 0.547. The highest BCUT2D eigenvalue weighted by Crippen LogP contribution is 2.47. The van der Waals surface area contributed by atoms with Crippen molar-refractivity contribution in [3.05, 3.63) is 208 Å². The molecule has 0 aromatic heterocycles. The first-order valence-corrected chi connectivity index (χ1v) is 29.3. The van der Waals surface area contributed by atoms with Crippen molar-refractivity contribution in [2.24, 2.45) is 0 Å². The lowest BCUT2D eigenvalue weighted by Crippen LogP contribution is -2.09. The highest BCUT2D eigenvalue weighted by atomic mass is 32.2. The number of benzene rings is 9. The van der Waals surface area contributed by atoms with Gasteiger partial charge in [0.1, 0.15) is 39.4 Å². The van der Waals surface area contributed by atoms with E-state index in [1.807, 2.05) is 0 Å². The van der Waals surface area contributed by atoms with Crippen LogP contribution < -0.4 is 23.7 Å². The quantitative estimate of drug-likeness (QED) is 0.0193. The Morgan fingerprint density at radius 3 is 1.04 bits per heavy atom. The van der Waals surface area contributed by atoms with E-state index in [-0.39, 0.29) is 17.8 Å². The van der Waals surface area contributed by atoms with Gasteiger partial charge in [-0.05, 0) is 116 Å². The predicted octanol–water partition coefficient (Wildman–Crippen LogP) is 16.1. The number of sulfone groups is 2. The van der Waals surface area contributed by atoms with Gasteiger partial charge in [0.25, 0.3) is 10.1 Å². The van der Waals surface area contributed by atoms with E-state index in [0.29, 0.717) is 85.5 Å². The highest BCUT2D eigenvalue weighted by molar-refractivity contribution is 7.95. The van der Waals surface area contributed by atoms with Crippen LogP contribution in [0, 0.1) is 100.0 Å². The topological polar surface area (TPSA) is 207 Å². The Balaban J connectivity index is 0.942. The minimum Gasteiger partial charge on any atom is -0.497 e. The molecule has 0 atom stereocenters. The molecule has 91 heavy (non-hydrogen) atoms. The van der Waals surface area contributed by atoms with Crippen molar-refractivity contribution >= 4 is 41.8 Å². The molecule has 476 valence electrons. The summed E-state index contributed by atoms with van der Waals surface area (Å²) in [6, 6.07) is 14.5. The zero-order chi connectivity index (χ0) is 66.7. The number of ether oxygens (including phenoxy) is 5. The molecule has 0 saturated carbocycles. The van der Waals surface area contributed by atoms with Gasteiger partial charge in [-0.2, -0.15) is 34.8 Å². The molecule has 9 rings (SSSR count). The summed E-state index contributed by atoms with van der Waals surface area (Å²) in [5, 5.41) is 12.3. The molecule has 2 N–H and O–H groups in total. The predicted molar refractivity (Wildman–Crippen MR) is 278 cm³/mol. The maximum Gasteiger partial charge on any atom is 0.298 e. The molecule has 9 aromatic carbocycles. The van der Waals surface area contributed by atoms with E-state index >= 15 is 52.7 Å². The number of rotatable bonds is 19. The zero-order valence-corrected chi connectivity index (χ0v) is 47.5. The lowest BCUT2D eigenvalue weighted by atomic mass is 9.99. The monoisotopic (exact) mass is 1370 g/mol. The molecule has 0 radical (unpaired) electrons. The first-order chi connectivity index (χ1) is 42.8. The number of hydrogen-bond donors (Lipinski definition) is 2. The molecule has 9 aromatic rings. The Hall–Kier alpha value is -9.10. The van der Waals surface area contributed by atoms with Crippen LogP contribution in [0.25, 0.3) is 22.3 Å². The molecule has 0 amide bonds. The van der Waals surface area contributed by atoms with E-state index in [4.69, 9.17) is 28.9 Å². The lowest BCUT2D eigenvalue weighted by molar-refractivity contribution is -0.432. The zero-order valence-electron chi connectivity index (χ0n) is 44.3. The van der Waals surface area contributed by atoms with Crippen molar-refractivity contribution < 1.29 is 138 Å². The van der Waals surface area contributed by atoms with Gasteiger partial charge in [-0.25, -0.2) is 66.0 Å². The summed E-state index contributed by atoms with van der Waals surface area (Å²) in [6.07, 6.45) is 0. The summed E-state index contributed by atoms with van der Waals surface area (Å²) < 4.78 is 363.